The second-order valence-electron chi connectivity index (χ2n) is 9.88. The molecule has 1 aliphatic carbocycles. The van der Waals surface area contributed by atoms with Crippen molar-refractivity contribution in [3.05, 3.63) is 40.9 Å². The third kappa shape index (κ3) is 8.51. The Balaban J connectivity index is 1.52. The number of sulfone groups is 1. The van der Waals surface area contributed by atoms with Crippen LogP contribution in [0, 0.1) is 12.8 Å². The molecule has 0 aromatic heterocycles. The Hall–Kier alpha value is -1.70. The Labute approximate surface area is 209 Å². The number of carbonyl (C=O) groups excluding carboxylic acids is 1. The number of nitrogens with one attached hydrogen (secondary N) is 1. The SMILES string of the molecule is C=C(CC(NC(=O)CCC(C)=Nc1ccc(Cl)cc1C)C1CCCC1)CN1CCS(=O)(=O)CC1. The summed E-state index contributed by atoms with van der Waals surface area (Å²) in [5, 5.41) is 3.98. The maximum atomic E-state index is 12.8. The Bertz CT molecular complexity index is 1000. The van der Waals surface area contributed by atoms with Gasteiger partial charge in [-0.2, -0.15) is 0 Å². The van der Waals surface area contributed by atoms with Gasteiger partial charge in [-0.3, -0.25) is 14.7 Å². The van der Waals surface area contributed by atoms with Crippen LogP contribution < -0.4 is 5.32 Å². The number of aliphatic imine (C=N–C) groups is 1. The van der Waals surface area contributed by atoms with Gasteiger partial charge >= 0.3 is 0 Å². The number of benzene rings is 1. The van der Waals surface area contributed by atoms with E-state index in [9.17, 15) is 13.2 Å². The molecule has 1 saturated heterocycles. The van der Waals surface area contributed by atoms with E-state index in [1.807, 2.05) is 32.0 Å². The van der Waals surface area contributed by atoms with Crippen LogP contribution in [0.4, 0.5) is 5.69 Å². The quantitative estimate of drug-likeness (QED) is 0.362. The Kier molecular flexibility index (Phi) is 9.74. The van der Waals surface area contributed by atoms with Crippen molar-refractivity contribution in [1.29, 1.82) is 0 Å². The van der Waals surface area contributed by atoms with E-state index in [1.165, 1.54) is 12.8 Å². The lowest BCUT2D eigenvalue weighted by atomic mass is 9.92. The minimum atomic E-state index is -2.89. The second kappa shape index (κ2) is 12.3. The zero-order valence-electron chi connectivity index (χ0n) is 20.5. The van der Waals surface area contributed by atoms with Crippen molar-refractivity contribution in [3.8, 4) is 0 Å². The number of hydrogen-bond acceptors (Lipinski definition) is 5. The molecular weight excluding hydrogens is 470 g/mol. The van der Waals surface area contributed by atoms with Crippen molar-refractivity contribution in [2.75, 3.05) is 31.1 Å². The predicted molar refractivity (Wildman–Crippen MR) is 141 cm³/mol. The van der Waals surface area contributed by atoms with Gasteiger partial charge in [0, 0.05) is 42.8 Å². The summed E-state index contributed by atoms with van der Waals surface area (Å²) >= 11 is 6.03. The van der Waals surface area contributed by atoms with Crippen LogP contribution in [-0.4, -0.2) is 62.1 Å². The zero-order chi connectivity index (χ0) is 24.7. The lowest BCUT2D eigenvalue weighted by Crippen LogP contribution is -2.43. The molecule has 8 heteroatoms. The van der Waals surface area contributed by atoms with Gasteiger partial charge in [0.1, 0.15) is 0 Å². The normalized spacial score (nSPS) is 20.3. The first-order valence-corrected chi connectivity index (χ1v) is 14.5. The molecule has 0 bridgehead atoms. The van der Waals surface area contributed by atoms with Gasteiger partial charge in [0.25, 0.3) is 0 Å². The second-order valence-corrected chi connectivity index (χ2v) is 12.6. The van der Waals surface area contributed by atoms with Gasteiger partial charge < -0.3 is 5.32 Å². The molecule has 1 aromatic rings. The molecule has 34 heavy (non-hydrogen) atoms. The Morgan fingerprint density at radius 3 is 2.56 bits per heavy atom. The third-order valence-corrected chi connectivity index (χ3v) is 8.74. The smallest absolute Gasteiger partial charge is 0.220 e. The molecule has 2 aliphatic rings. The molecule has 1 aliphatic heterocycles. The summed E-state index contributed by atoms with van der Waals surface area (Å²) in [7, 11) is -2.89. The summed E-state index contributed by atoms with van der Waals surface area (Å²) in [5.74, 6) is 0.976. The molecule has 1 amide bonds. The van der Waals surface area contributed by atoms with Gasteiger partial charge in [0.05, 0.1) is 17.2 Å². The first-order valence-electron chi connectivity index (χ1n) is 12.3. The number of carbonyl (C=O) groups is 1. The highest BCUT2D eigenvalue weighted by Gasteiger charge is 2.28. The van der Waals surface area contributed by atoms with Crippen LogP contribution in [0.15, 0.2) is 35.3 Å². The zero-order valence-corrected chi connectivity index (χ0v) is 22.1. The molecule has 1 atom stereocenters. The Morgan fingerprint density at radius 2 is 1.91 bits per heavy atom. The lowest BCUT2D eigenvalue weighted by molar-refractivity contribution is -0.122. The first kappa shape index (κ1) is 26.9. The number of aryl methyl sites for hydroxylation is 1. The highest BCUT2D eigenvalue weighted by molar-refractivity contribution is 7.91. The van der Waals surface area contributed by atoms with E-state index in [0.717, 1.165) is 41.8 Å². The van der Waals surface area contributed by atoms with E-state index in [4.69, 9.17) is 11.6 Å². The molecule has 1 N–H and O–H groups in total. The minimum Gasteiger partial charge on any atom is -0.353 e. The fraction of sp³-hybridized carbons (Fsp3) is 0.615. The average molecular weight is 508 g/mol. The first-order chi connectivity index (χ1) is 16.1. The average Bonchev–Trinajstić information content (AvgIpc) is 3.30. The number of nitrogens with zero attached hydrogens (tertiary/aromatic N) is 2. The van der Waals surface area contributed by atoms with Crippen LogP contribution in [0.1, 0.15) is 57.4 Å². The number of amides is 1. The number of hydrogen-bond donors (Lipinski definition) is 1. The molecule has 188 valence electrons. The van der Waals surface area contributed by atoms with E-state index in [1.54, 1.807) is 0 Å². The standard InChI is InChI=1S/C26H38ClN3O3S/c1-19(18-30-12-14-34(32,33)15-13-30)16-25(22-6-4-5-7-22)29-26(31)11-8-21(3)28-24-10-9-23(27)17-20(24)2/h9-10,17,22,25H,1,4-8,11-16,18H2,2-3H3,(H,29,31). The van der Waals surface area contributed by atoms with Crippen molar-refractivity contribution in [3.63, 3.8) is 0 Å². The topological polar surface area (TPSA) is 78.8 Å². The molecule has 2 fully saturated rings. The maximum absolute atomic E-state index is 12.8. The van der Waals surface area contributed by atoms with Crippen LogP contribution in [-0.2, 0) is 14.6 Å². The summed E-state index contributed by atoms with van der Waals surface area (Å²) in [6, 6.07) is 5.71. The van der Waals surface area contributed by atoms with Gasteiger partial charge in [0.15, 0.2) is 9.84 Å². The molecule has 1 unspecified atom stereocenters. The summed E-state index contributed by atoms with van der Waals surface area (Å²) in [6.07, 6.45) is 6.44. The number of halogens is 1. The summed E-state index contributed by atoms with van der Waals surface area (Å²) < 4.78 is 23.4. The van der Waals surface area contributed by atoms with E-state index < -0.39 is 9.84 Å². The number of rotatable bonds is 10. The molecule has 1 heterocycles. The van der Waals surface area contributed by atoms with E-state index >= 15 is 0 Å². The van der Waals surface area contributed by atoms with Crippen molar-refractivity contribution in [1.82, 2.24) is 10.2 Å². The highest BCUT2D eigenvalue weighted by Crippen LogP contribution is 2.30. The molecule has 0 spiro atoms. The van der Waals surface area contributed by atoms with Crippen molar-refractivity contribution < 1.29 is 13.2 Å². The van der Waals surface area contributed by atoms with Crippen molar-refractivity contribution >= 4 is 38.7 Å². The molecule has 0 radical (unpaired) electrons. The monoisotopic (exact) mass is 507 g/mol. The van der Waals surface area contributed by atoms with Gasteiger partial charge in [-0.15, -0.1) is 0 Å². The van der Waals surface area contributed by atoms with Crippen LogP contribution in [0.3, 0.4) is 0 Å². The van der Waals surface area contributed by atoms with Crippen molar-refractivity contribution in [2.24, 2.45) is 10.9 Å². The summed E-state index contributed by atoms with van der Waals surface area (Å²) in [6.45, 7) is 10.0. The molecular formula is C26H38ClN3O3S. The maximum Gasteiger partial charge on any atom is 0.220 e. The largest absolute Gasteiger partial charge is 0.353 e. The van der Waals surface area contributed by atoms with Crippen molar-refractivity contribution in [2.45, 2.75) is 64.8 Å². The van der Waals surface area contributed by atoms with Gasteiger partial charge in [0.2, 0.25) is 5.91 Å². The third-order valence-electron chi connectivity index (χ3n) is 6.89. The lowest BCUT2D eigenvalue weighted by Gasteiger charge is -2.30. The molecule has 1 aromatic carbocycles. The molecule has 3 rings (SSSR count). The van der Waals surface area contributed by atoms with Crippen LogP contribution in [0.5, 0.6) is 0 Å². The van der Waals surface area contributed by atoms with Gasteiger partial charge in [-0.25, -0.2) is 8.42 Å². The van der Waals surface area contributed by atoms with E-state index in [-0.39, 0.29) is 23.5 Å². The van der Waals surface area contributed by atoms with Crippen LogP contribution >= 0.6 is 11.6 Å². The fourth-order valence-corrected chi connectivity index (χ4v) is 6.38. The molecule has 1 saturated carbocycles. The summed E-state index contributed by atoms with van der Waals surface area (Å²) in [4.78, 5) is 19.7. The fourth-order valence-electron chi connectivity index (χ4n) is 4.87. The Morgan fingerprint density at radius 1 is 1.24 bits per heavy atom. The predicted octanol–water partition coefficient (Wildman–Crippen LogP) is 4.87. The van der Waals surface area contributed by atoms with Gasteiger partial charge in [-0.05, 0) is 69.2 Å². The van der Waals surface area contributed by atoms with Gasteiger partial charge in [-0.1, -0.05) is 36.6 Å². The van der Waals surface area contributed by atoms with E-state index in [2.05, 4.69) is 21.8 Å². The summed E-state index contributed by atoms with van der Waals surface area (Å²) in [5.41, 5.74) is 3.88. The minimum absolute atomic E-state index is 0.0520. The van der Waals surface area contributed by atoms with E-state index in [0.29, 0.717) is 43.4 Å². The van der Waals surface area contributed by atoms with Crippen LogP contribution in [0.2, 0.25) is 5.02 Å². The highest BCUT2D eigenvalue weighted by atomic mass is 35.5. The van der Waals surface area contributed by atoms with Crippen LogP contribution in [0.25, 0.3) is 0 Å². The molecule has 6 nitrogen and oxygen atoms in total.